The molecule has 0 aromatic rings. The van der Waals surface area contributed by atoms with E-state index in [1.807, 2.05) is 6.92 Å². The third kappa shape index (κ3) is 3.63. The number of aliphatic hydroxyl groups excluding tert-OH is 1. The van der Waals surface area contributed by atoms with Gasteiger partial charge in [-0.25, -0.2) is 0 Å². The maximum absolute atomic E-state index is 9.13. The Bertz CT molecular complexity index is 150. The van der Waals surface area contributed by atoms with Gasteiger partial charge in [-0.1, -0.05) is 0 Å². The van der Waals surface area contributed by atoms with E-state index >= 15 is 0 Å². The van der Waals surface area contributed by atoms with E-state index in [4.69, 9.17) is 5.11 Å². The molecular weight excluding hydrogens is 164 g/mol. The molecule has 0 aromatic heterocycles. The summed E-state index contributed by atoms with van der Waals surface area (Å²) in [5.74, 6) is 0. The second-order valence-corrected chi connectivity index (χ2v) is 4.31. The zero-order valence-corrected chi connectivity index (χ0v) is 8.95. The molecule has 0 amide bonds. The predicted octanol–water partition coefficient (Wildman–Crippen LogP) is 0.440. The average Bonchev–Trinajstić information content (AvgIpc) is 2.07. The lowest BCUT2D eigenvalue weighted by Gasteiger charge is -2.35. The maximum Gasteiger partial charge on any atom is 0.0636 e. The van der Waals surface area contributed by atoms with Crippen LogP contribution in [-0.2, 0) is 0 Å². The van der Waals surface area contributed by atoms with Crippen molar-refractivity contribution in [3.05, 3.63) is 0 Å². The molecule has 13 heavy (non-hydrogen) atoms. The van der Waals surface area contributed by atoms with Crippen LogP contribution < -0.4 is 5.32 Å². The van der Waals surface area contributed by atoms with Crippen LogP contribution in [0.2, 0.25) is 0 Å². The van der Waals surface area contributed by atoms with Gasteiger partial charge in [-0.2, -0.15) is 0 Å². The van der Waals surface area contributed by atoms with Crippen LogP contribution in [0.5, 0.6) is 0 Å². The van der Waals surface area contributed by atoms with Gasteiger partial charge in [-0.05, 0) is 40.3 Å². The molecule has 1 heterocycles. The highest BCUT2D eigenvalue weighted by atomic mass is 16.3. The molecular formula is C10H22N2O. The number of nitrogens with one attached hydrogen (secondary N) is 1. The fourth-order valence-electron chi connectivity index (χ4n) is 1.81. The quantitative estimate of drug-likeness (QED) is 0.671. The maximum atomic E-state index is 9.13. The van der Waals surface area contributed by atoms with E-state index in [2.05, 4.69) is 24.2 Å². The third-order valence-electron chi connectivity index (χ3n) is 2.91. The lowest BCUT2D eigenvalue weighted by atomic mass is 9.99. The van der Waals surface area contributed by atoms with Crippen LogP contribution in [-0.4, -0.2) is 48.3 Å². The van der Waals surface area contributed by atoms with Crippen molar-refractivity contribution in [2.75, 3.05) is 20.1 Å². The fraction of sp³-hybridized carbons (Fsp3) is 1.00. The fourth-order valence-corrected chi connectivity index (χ4v) is 1.81. The van der Waals surface area contributed by atoms with Crippen LogP contribution in [0.25, 0.3) is 0 Å². The first kappa shape index (κ1) is 11.0. The van der Waals surface area contributed by atoms with E-state index < -0.39 is 0 Å². The SMILES string of the molecule is CC1CC(NC[C@H](C)O)CCN1C. The molecule has 0 saturated carbocycles. The summed E-state index contributed by atoms with van der Waals surface area (Å²) in [5, 5.41) is 12.5. The monoisotopic (exact) mass is 186 g/mol. The Morgan fingerprint density at radius 2 is 2.31 bits per heavy atom. The molecule has 1 aliphatic heterocycles. The highest BCUT2D eigenvalue weighted by Gasteiger charge is 2.22. The molecule has 0 aliphatic carbocycles. The zero-order valence-electron chi connectivity index (χ0n) is 8.95. The Labute approximate surface area is 81.1 Å². The molecule has 1 rings (SSSR count). The van der Waals surface area contributed by atoms with Gasteiger partial charge in [0.05, 0.1) is 6.10 Å². The van der Waals surface area contributed by atoms with E-state index in [0.29, 0.717) is 12.1 Å². The van der Waals surface area contributed by atoms with Crippen molar-refractivity contribution in [3.8, 4) is 0 Å². The summed E-state index contributed by atoms with van der Waals surface area (Å²) in [5.41, 5.74) is 0. The van der Waals surface area contributed by atoms with Crippen LogP contribution in [0.15, 0.2) is 0 Å². The lowest BCUT2D eigenvalue weighted by Crippen LogP contribution is -2.46. The standard InChI is InChI=1S/C10H22N2O/c1-8-6-10(4-5-12(8)3)11-7-9(2)13/h8-11,13H,4-7H2,1-3H3/t8?,9-,10?/m0/s1. The smallest absolute Gasteiger partial charge is 0.0636 e. The molecule has 3 atom stereocenters. The Hall–Kier alpha value is -0.120. The Morgan fingerprint density at radius 3 is 2.85 bits per heavy atom. The van der Waals surface area contributed by atoms with Gasteiger partial charge in [-0.15, -0.1) is 0 Å². The molecule has 78 valence electrons. The molecule has 0 radical (unpaired) electrons. The van der Waals surface area contributed by atoms with Crippen LogP contribution in [0.1, 0.15) is 26.7 Å². The summed E-state index contributed by atoms with van der Waals surface area (Å²) in [4.78, 5) is 2.39. The second-order valence-electron chi connectivity index (χ2n) is 4.31. The van der Waals surface area contributed by atoms with E-state index in [0.717, 1.165) is 6.54 Å². The largest absolute Gasteiger partial charge is 0.392 e. The number of rotatable bonds is 3. The number of hydrogen-bond donors (Lipinski definition) is 2. The van der Waals surface area contributed by atoms with Gasteiger partial charge in [0.2, 0.25) is 0 Å². The molecule has 2 N–H and O–H groups in total. The normalized spacial score (nSPS) is 33.2. The van der Waals surface area contributed by atoms with Crippen LogP contribution in [0, 0.1) is 0 Å². The average molecular weight is 186 g/mol. The summed E-state index contributed by atoms with van der Waals surface area (Å²) in [7, 11) is 2.18. The zero-order chi connectivity index (χ0) is 9.84. The number of piperidine rings is 1. The van der Waals surface area contributed by atoms with Crippen molar-refractivity contribution in [2.45, 2.75) is 44.9 Å². The highest BCUT2D eigenvalue weighted by Crippen LogP contribution is 2.14. The minimum absolute atomic E-state index is 0.227. The first-order chi connectivity index (χ1) is 6.09. The van der Waals surface area contributed by atoms with Crippen molar-refractivity contribution < 1.29 is 5.11 Å². The topological polar surface area (TPSA) is 35.5 Å². The van der Waals surface area contributed by atoms with Gasteiger partial charge in [0, 0.05) is 18.6 Å². The number of nitrogens with zero attached hydrogens (tertiary/aromatic N) is 1. The van der Waals surface area contributed by atoms with Crippen LogP contribution in [0.4, 0.5) is 0 Å². The summed E-state index contributed by atoms with van der Waals surface area (Å²) in [6.07, 6.45) is 2.17. The molecule has 1 fully saturated rings. The Morgan fingerprint density at radius 1 is 1.62 bits per heavy atom. The summed E-state index contributed by atoms with van der Waals surface area (Å²) < 4.78 is 0. The van der Waals surface area contributed by atoms with Gasteiger partial charge in [0.15, 0.2) is 0 Å². The van der Waals surface area contributed by atoms with Crippen molar-refractivity contribution in [2.24, 2.45) is 0 Å². The van der Waals surface area contributed by atoms with E-state index in [9.17, 15) is 0 Å². The van der Waals surface area contributed by atoms with Gasteiger partial charge in [0.25, 0.3) is 0 Å². The Balaban J connectivity index is 2.21. The van der Waals surface area contributed by atoms with Crippen molar-refractivity contribution in [1.29, 1.82) is 0 Å². The molecule has 3 heteroatoms. The van der Waals surface area contributed by atoms with Crippen molar-refractivity contribution >= 4 is 0 Å². The molecule has 0 bridgehead atoms. The lowest BCUT2D eigenvalue weighted by molar-refractivity contribution is 0.146. The van der Waals surface area contributed by atoms with Crippen LogP contribution in [0.3, 0.4) is 0 Å². The van der Waals surface area contributed by atoms with Crippen molar-refractivity contribution in [1.82, 2.24) is 10.2 Å². The van der Waals surface area contributed by atoms with Gasteiger partial charge >= 0.3 is 0 Å². The second kappa shape index (κ2) is 4.94. The van der Waals surface area contributed by atoms with Gasteiger partial charge in [-0.3, -0.25) is 0 Å². The summed E-state index contributed by atoms with van der Waals surface area (Å²) >= 11 is 0. The van der Waals surface area contributed by atoms with E-state index in [-0.39, 0.29) is 6.10 Å². The molecule has 3 nitrogen and oxygen atoms in total. The Kier molecular flexibility index (Phi) is 4.16. The molecule has 1 aliphatic rings. The van der Waals surface area contributed by atoms with E-state index in [1.165, 1.54) is 19.4 Å². The predicted molar refractivity (Wildman–Crippen MR) is 54.8 cm³/mol. The number of aliphatic hydroxyl groups is 1. The minimum atomic E-state index is -0.227. The van der Waals surface area contributed by atoms with Crippen molar-refractivity contribution in [3.63, 3.8) is 0 Å². The number of likely N-dealkylation sites (tertiary alicyclic amines) is 1. The van der Waals surface area contributed by atoms with E-state index in [1.54, 1.807) is 0 Å². The minimum Gasteiger partial charge on any atom is -0.392 e. The third-order valence-corrected chi connectivity index (χ3v) is 2.91. The number of hydrogen-bond acceptors (Lipinski definition) is 3. The van der Waals surface area contributed by atoms with Gasteiger partial charge in [0.1, 0.15) is 0 Å². The first-order valence-electron chi connectivity index (χ1n) is 5.21. The highest BCUT2D eigenvalue weighted by molar-refractivity contribution is 4.81. The molecule has 1 saturated heterocycles. The molecule has 2 unspecified atom stereocenters. The molecule has 0 aromatic carbocycles. The molecule has 0 spiro atoms. The summed E-state index contributed by atoms with van der Waals surface area (Å²) in [6, 6.07) is 1.26. The summed E-state index contributed by atoms with van der Waals surface area (Å²) in [6.45, 7) is 5.97. The first-order valence-corrected chi connectivity index (χ1v) is 5.21. The van der Waals surface area contributed by atoms with Crippen LogP contribution >= 0.6 is 0 Å². The van der Waals surface area contributed by atoms with Gasteiger partial charge < -0.3 is 15.3 Å².